The number of hydrogen-bond donors (Lipinski definition) is 2. The molecule has 0 fully saturated rings. The van der Waals surface area contributed by atoms with E-state index in [1.807, 2.05) is 0 Å². The molecule has 0 aliphatic heterocycles. The largest absolute Gasteiger partial charge is 0.472 e. The lowest BCUT2D eigenvalue weighted by Gasteiger charge is -2.21. The molecule has 2 N–H and O–H groups in total. The van der Waals surface area contributed by atoms with Gasteiger partial charge in [0.25, 0.3) is 0 Å². The van der Waals surface area contributed by atoms with Gasteiger partial charge < -0.3 is 24.2 Å². The summed E-state index contributed by atoms with van der Waals surface area (Å²) in [5, 5.41) is 9.80. The first-order valence-corrected chi connectivity index (χ1v) is 30.0. The minimum Gasteiger partial charge on any atom is -0.462 e. The lowest BCUT2D eigenvalue weighted by molar-refractivity contribution is -0.161. The van der Waals surface area contributed by atoms with Crippen LogP contribution in [0.5, 0.6) is 0 Å². The number of unbranched alkanes of at least 4 members (excludes halogenated alkanes) is 28. The molecule has 0 radical (unpaired) electrons. The van der Waals surface area contributed by atoms with Crippen molar-refractivity contribution < 1.29 is 52.2 Å². The van der Waals surface area contributed by atoms with Gasteiger partial charge >= 0.3 is 25.7 Å². The fourth-order valence-electron chi connectivity index (χ4n) is 7.94. The lowest BCUT2D eigenvalue weighted by Crippen LogP contribution is -2.30. The van der Waals surface area contributed by atoms with Crippen LogP contribution in [0.2, 0.25) is 0 Å². The summed E-state index contributed by atoms with van der Waals surface area (Å²) in [4.78, 5) is 48.5. The van der Waals surface area contributed by atoms with Crippen molar-refractivity contribution in [3.63, 3.8) is 0 Å². The predicted octanol–water partition coefficient (Wildman–Crippen LogP) is 16.6. The first kappa shape index (κ1) is 67.4. The number of phosphoric ester groups is 1. The van der Waals surface area contributed by atoms with Crippen molar-refractivity contribution in [2.45, 2.75) is 277 Å². The molecule has 0 aromatic rings. The number of allylic oxidation sites excluding steroid dienone is 8. The molecule has 408 valence electrons. The molecule has 0 saturated carbocycles. The first-order chi connectivity index (χ1) is 34.2. The molecular formula is C58H105O11P. The van der Waals surface area contributed by atoms with Crippen LogP contribution in [-0.4, -0.2) is 66.5 Å². The van der Waals surface area contributed by atoms with Crippen LogP contribution in [0.25, 0.3) is 0 Å². The van der Waals surface area contributed by atoms with Gasteiger partial charge in [-0.05, 0) is 57.8 Å². The average molecular weight is 1010 g/mol. The molecule has 0 spiro atoms. The third kappa shape index (κ3) is 50.4. The molecule has 0 aromatic carbocycles. The fourth-order valence-corrected chi connectivity index (χ4v) is 8.72. The minimum atomic E-state index is -4.75. The van der Waals surface area contributed by atoms with Crippen molar-refractivity contribution in [2.24, 2.45) is 0 Å². The van der Waals surface area contributed by atoms with E-state index >= 15 is 0 Å². The Balaban J connectivity index is 4.75. The molecule has 0 aliphatic carbocycles. The van der Waals surface area contributed by atoms with E-state index in [1.54, 1.807) is 0 Å². The first-order valence-electron chi connectivity index (χ1n) is 28.5. The van der Waals surface area contributed by atoms with Gasteiger partial charge in [0.15, 0.2) is 6.10 Å². The zero-order valence-corrected chi connectivity index (χ0v) is 45.9. The van der Waals surface area contributed by atoms with Gasteiger partial charge in [-0.25, -0.2) is 4.57 Å². The van der Waals surface area contributed by atoms with Crippen molar-refractivity contribution in [1.29, 1.82) is 0 Å². The van der Waals surface area contributed by atoms with Crippen LogP contribution < -0.4 is 0 Å². The van der Waals surface area contributed by atoms with E-state index in [0.29, 0.717) is 19.3 Å². The highest BCUT2D eigenvalue weighted by atomic mass is 31.2. The van der Waals surface area contributed by atoms with Crippen LogP contribution in [-0.2, 0) is 42.2 Å². The van der Waals surface area contributed by atoms with Crippen molar-refractivity contribution in [2.75, 3.05) is 26.4 Å². The van der Waals surface area contributed by atoms with E-state index in [0.717, 1.165) is 77.0 Å². The lowest BCUT2D eigenvalue weighted by atomic mass is 10.0. The number of rotatable bonds is 53. The minimum absolute atomic E-state index is 0.118. The number of ether oxygens (including phenoxy) is 3. The molecule has 70 heavy (non-hydrogen) atoms. The maximum atomic E-state index is 12.9. The van der Waals surface area contributed by atoms with Gasteiger partial charge in [-0.2, -0.15) is 0 Å². The molecule has 0 saturated heterocycles. The third-order valence-corrected chi connectivity index (χ3v) is 13.2. The Morgan fingerprint density at radius 1 is 0.414 bits per heavy atom. The van der Waals surface area contributed by atoms with E-state index < -0.39 is 57.8 Å². The zero-order valence-electron chi connectivity index (χ0n) is 45.0. The molecule has 12 heteroatoms. The molecule has 0 heterocycles. The van der Waals surface area contributed by atoms with Crippen molar-refractivity contribution in [3.8, 4) is 0 Å². The smallest absolute Gasteiger partial charge is 0.462 e. The predicted molar refractivity (Wildman–Crippen MR) is 289 cm³/mol. The van der Waals surface area contributed by atoms with E-state index in [1.165, 1.54) is 128 Å². The van der Waals surface area contributed by atoms with Crippen LogP contribution in [0, 0.1) is 0 Å². The molecular weight excluding hydrogens is 904 g/mol. The van der Waals surface area contributed by atoms with Crippen LogP contribution in [0.3, 0.4) is 0 Å². The Hall–Kier alpha value is -2.56. The standard InChI is InChI=1S/C58H105O11P/c1-4-7-10-13-16-19-22-25-27-30-32-35-38-41-44-47-56(60)65-51-55(69-58(62)49-46-43-40-37-34-31-28-26-23-20-17-14-11-8-5-2)53-67-70(63,64)66-52-54(50-59)68-57(61)48-45-42-39-36-33-29-24-21-18-15-12-9-6-3/h8,11,17,20,26,28,34,37,54-55,59H,4-7,9-10,12-16,18-19,21-25,27,29-33,35-36,38-53H2,1-3H3,(H,63,64)/b11-8-,20-17-,28-26-,37-34-. The van der Waals surface area contributed by atoms with Gasteiger partial charge in [0.2, 0.25) is 0 Å². The molecule has 3 unspecified atom stereocenters. The van der Waals surface area contributed by atoms with Crippen LogP contribution in [0.4, 0.5) is 0 Å². The van der Waals surface area contributed by atoms with Crippen molar-refractivity contribution >= 4 is 25.7 Å². The van der Waals surface area contributed by atoms with Crippen molar-refractivity contribution in [1.82, 2.24) is 0 Å². The van der Waals surface area contributed by atoms with Crippen LogP contribution >= 0.6 is 7.82 Å². The Morgan fingerprint density at radius 2 is 0.743 bits per heavy atom. The highest BCUT2D eigenvalue weighted by Gasteiger charge is 2.28. The van der Waals surface area contributed by atoms with E-state index in [2.05, 4.69) is 69.4 Å². The second-order valence-corrected chi connectivity index (χ2v) is 20.5. The third-order valence-electron chi connectivity index (χ3n) is 12.3. The van der Waals surface area contributed by atoms with Crippen LogP contribution in [0.15, 0.2) is 48.6 Å². The average Bonchev–Trinajstić information content (AvgIpc) is 3.35. The highest BCUT2D eigenvalue weighted by molar-refractivity contribution is 7.47. The number of hydrogen-bond acceptors (Lipinski definition) is 10. The van der Waals surface area contributed by atoms with Crippen molar-refractivity contribution in [3.05, 3.63) is 48.6 Å². The molecule has 0 aromatic heterocycles. The van der Waals surface area contributed by atoms with Gasteiger partial charge in [0, 0.05) is 19.3 Å². The molecule has 0 bridgehead atoms. The Bertz CT molecular complexity index is 1360. The van der Waals surface area contributed by atoms with E-state index in [4.69, 9.17) is 23.3 Å². The molecule has 0 rings (SSSR count). The zero-order chi connectivity index (χ0) is 51.3. The number of aliphatic hydroxyl groups is 1. The summed E-state index contributed by atoms with van der Waals surface area (Å²) >= 11 is 0. The maximum Gasteiger partial charge on any atom is 0.472 e. The Morgan fingerprint density at radius 3 is 1.14 bits per heavy atom. The molecule has 0 aliphatic rings. The Labute approximate surface area is 428 Å². The van der Waals surface area contributed by atoms with Gasteiger partial charge in [-0.1, -0.05) is 236 Å². The number of esters is 3. The Kier molecular flexibility index (Phi) is 50.8. The second-order valence-electron chi connectivity index (χ2n) is 19.1. The summed E-state index contributed by atoms with van der Waals surface area (Å²) in [5.74, 6) is -1.50. The molecule has 3 atom stereocenters. The van der Waals surface area contributed by atoms with Gasteiger partial charge in [-0.15, -0.1) is 0 Å². The SMILES string of the molecule is CC/C=C\C/C=C\C/C=C\C/C=C\CCCCC(=O)OC(COC(=O)CCCCCCCCCCCCCCCCC)COP(=O)(O)OCC(CO)OC(=O)CCCCCCCCCCCCCCC. The molecule has 0 amide bonds. The van der Waals surface area contributed by atoms with E-state index in [-0.39, 0.29) is 25.9 Å². The summed E-state index contributed by atoms with van der Waals surface area (Å²) in [5.41, 5.74) is 0. The quantitative estimate of drug-likeness (QED) is 0.0197. The monoisotopic (exact) mass is 1010 g/mol. The van der Waals surface area contributed by atoms with Gasteiger partial charge in [0.1, 0.15) is 12.7 Å². The fraction of sp³-hybridized carbons (Fsp3) is 0.810. The van der Waals surface area contributed by atoms with Gasteiger partial charge in [-0.3, -0.25) is 23.4 Å². The summed E-state index contributed by atoms with van der Waals surface area (Å²) in [6, 6.07) is 0. The topological polar surface area (TPSA) is 155 Å². The summed E-state index contributed by atoms with van der Waals surface area (Å²) in [7, 11) is -4.75. The highest BCUT2D eigenvalue weighted by Crippen LogP contribution is 2.43. The summed E-state index contributed by atoms with van der Waals surface area (Å²) in [6.07, 6.45) is 55.0. The number of aliphatic hydroxyl groups excluding tert-OH is 1. The normalized spacial score (nSPS) is 13.7. The molecule has 11 nitrogen and oxygen atoms in total. The number of carbonyl (C=O) groups excluding carboxylic acids is 3. The van der Waals surface area contributed by atoms with E-state index in [9.17, 15) is 28.9 Å². The number of carbonyl (C=O) groups is 3. The summed E-state index contributed by atoms with van der Waals surface area (Å²) < 4.78 is 39.4. The maximum absolute atomic E-state index is 12.9. The van der Waals surface area contributed by atoms with Gasteiger partial charge in [0.05, 0.1) is 19.8 Å². The summed E-state index contributed by atoms with van der Waals surface area (Å²) in [6.45, 7) is 4.51. The van der Waals surface area contributed by atoms with Crippen LogP contribution in [0.1, 0.15) is 265 Å². The second kappa shape index (κ2) is 52.8. The number of phosphoric acid groups is 1.